The predicted octanol–water partition coefficient (Wildman–Crippen LogP) is 7.31. The minimum absolute atomic E-state index is 0.133. The Morgan fingerprint density at radius 2 is 1.45 bits per heavy atom. The molecule has 270 valence electrons. The van der Waals surface area contributed by atoms with Crippen LogP contribution >= 0.6 is 19.5 Å². The first-order chi connectivity index (χ1) is 25.8. The summed E-state index contributed by atoms with van der Waals surface area (Å²) in [5.41, 5.74) is 1.86. The fourth-order valence-electron chi connectivity index (χ4n) is 6.46. The lowest BCUT2D eigenvalue weighted by atomic mass is 9.80. The molecule has 2 aromatic heterocycles. The van der Waals surface area contributed by atoms with Crippen molar-refractivity contribution in [3.63, 3.8) is 0 Å². The number of anilines is 1. The van der Waals surface area contributed by atoms with Gasteiger partial charge in [-0.25, -0.2) is 19.3 Å². The molecule has 0 aliphatic carbocycles. The number of imidazole rings is 1. The van der Waals surface area contributed by atoms with Crippen molar-refractivity contribution in [3.05, 3.63) is 144 Å². The van der Waals surface area contributed by atoms with Crippen molar-refractivity contribution in [3.8, 4) is 11.5 Å². The van der Waals surface area contributed by atoms with Crippen molar-refractivity contribution in [1.29, 1.82) is 0 Å². The van der Waals surface area contributed by atoms with Gasteiger partial charge in [0.05, 0.1) is 27.2 Å². The number of halogens is 1. The van der Waals surface area contributed by atoms with Crippen LogP contribution in [0.15, 0.2) is 122 Å². The van der Waals surface area contributed by atoms with Crippen LogP contribution in [-0.4, -0.2) is 64.6 Å². The molecule has 0 bridgehead atoms. The molecule has 5 atom stereocenters. The average molecular weight is 755 g/mol. The number of nitrogens with zero attached hydrogens (tertiary/aromatic N) is 4. The van der Waals surface area contributed by atoms with Crippen molar-refractivity contribution in [1.82, 2.24) is 19.5 Å². The lowest BCUT2D eigenvalue weighted by Gasteiger charge is -2.37. The van der Waals surface area contributed by atoms with Crippen LogP contribution in [0.2, 0.25) is 0 Å². The topological polar surface area (TPSA) is 136 Å². The SMILES string of the molecule is COc1ccc(C(OC[C@H]2O[C@@H](n3cnc4c(NC(=O)c5ccccc5)ncnc43)[C@@H](F)[C@@H]2O[P+](=O)S)(c2ccccc2)c2ccc(OC)cc2)cc1. The van der Waals surface area contributed by atoms with Gasteiger partial charge in [-0.2, -0.15) is 0 Å². The van der Waals surface area contributed by atoms with E-state index in [1.807, 2.05) is 78.9 Å². The van der Waals surface area contributed by atoms with E-state index in [-0.39, 0.29) is 23.6 Å². The fraction of sp³-hybridized carbons (Fsp3) is 0.211. The summed E-state index contributed by atoms with van der Waals surface area (Å²) in [6.07, 6.45) is -3.06. The van der Waals surface area contributed by atoms with Crippen LogP contribution < -0.4 is 14.8 Å². The third kappa shape index (κ3) is 7.24. The van der Waals surface area contributed by atoms with Gasteiger partial charge >= 0.3 is 7.23 Å². The quantitative estimate of drug-likeness (QED) is 0.0702. The molecule has 4 aromatic carbocycles. The summed E-state index contributed by atoms with van der Waals surface area (Å²) in [6, 6.07) is 33.1. The number of thiol groups is 1. The molecule has 1 aliphatic rings. The summed E-state index contributed by atoms with van der Waals surface area (Å²) in [5, 5.41) is 2.75. The Morgan fingerprint density at radius 1 is 0.868 bits per heavy atom. The molecule has 0 radical (unpaired) electrons. The molecule has 1 saturated heterocycles. The number of fused-ring (bicyclic) bond motifs is 1. The molecule has 15 heteroatoms. The molecule has 3 heterocycles. The molecule has 12 nitrogen and oxygen atoms in total. The van der Waals surface area contributed by atoms with E-state index in [9.17, 15) is 9.36 Å². The minimum Gasteiger partial charge on any atom is -0.497 e. The van der Waals surface area contributed by atoms with Gasteiger partial charge in [-0.15, -0.1) is 4.52 Å². The van der Waals surface area contributed by atoms with E-state index in [0.717, 1.165) is 16.7 Å². The van der Waals surface area contributed by atoms with Crippen molar-refractivity contribution in [2.75, 3.05) is 26.1 Å². The normalized spacial score (nSPS) is 18.8. The highest BCUT2D eigenvalue weighted by atomic mass is 32.7. The van der Waals surface area contributed by atoms with Crippen molar-refractivity contribution in [2.24, 2.45) is 0 Å². The monoisotopic (exact) mass is 754 g/mol. The zero-order valence-electron chi connectivity index (χ0n) is 28.5. The number of carbonyl (C=O) groups excluding carboxylic acids is 1. The maximum atomic E-state index is 16.6. The second kappa shape index (κ2) is 15.8. The highest BCUT2D eigenvalue weighted by Gasteiger charge is 2.52. The van der Waals surface area contributed by atoms with Gasteiger partial charge in [0, 0.05) is 5.56 Å². The summed E-state index contributed by atoms with van der Waals surface area (Å²) in [5.74, 6) is 1.03. The first kappa shape index (κ1) is 36.1. The van der Waals surface area contributed by atoms with Crippen molar-refractivity contribution < 1.29 is 37.2 Å². The fourth-order valence-corrected chi connectivity index (χ4v) is 7.25. The number of amides is 1. The Balaban J connectivity index is 1.24. The molecule has 1 fully saturated rings. The van der Waals surface area contributed by atoms with E-state index < -0.39 is 43.3 Å². The molecule has 0 saturated carbocycles. The number of nitrogens with one attached hydrogen (secondary N) is 1. The smallest absolute Gasteiger partial charge is 0.497 e. The zero-order valence-corrected chi connectivity index (χ0v) is 30.3. The summed E-state index contributed by atoms with van der Waals surface area (Å²) in [7, 11) is 0.623. The number of benzene rings is 4. The highest BCUT2D eigenvalue weighted by Crippen LogP contribution is 2.45. The molecular weight excluding hydrogens is 720 g/mol. The predicted molar refractivity (Wildman–Crippen MR) is 198 cm³/mol. The number of hydrogen-bond donors (Lipinski definition) is 2. The van der Waals surface area contributed by atoms with Gasteiger partial charge in [0.15, 0.2) is 35.5 Å². The number of aromatic nitrogens is 4. The summed E-state index contributed by atoms with van der Waals surface area (Å²) < 4.78 is 60.1. The van der Waals surface area contributed by atoms with E-state index in [0.29, 0.717) is 17.1 Å². The molecule has 1 aliphatic heterocycles. The number of methoxy groups -OCH3 is 2. The Hall–Kier alpha value is -5.24. The maximum absolute atomic E-state index is 16.6. The van der Waals surface area contributed by atoms with E-state index >= 15 is 4.39 Å². The van der Waals surface area contributed by atoms with Crippen LogP contribution in [0, 0.1) is 0 Å². The first-order valence-corrected chi connectivity index (χ1v) is 18.8. The summed E-state index contributed by atoms with van der Waals surface area (Å²) >= 11 is 3.95. The van der Waals surface area contributed by atoms with Crippen LogP contribution in [0.5, 0.6) is 11.5 Å². The molecule has 1 amide bonds. The van der Waals surface area contributed by atoms with E-state index in [1.54, 1.807) is 44.6 Å². The Morgan fingerprint density at radius 3 is 2.04 bits per heavy atom. The van der Waals surface area contributed by atoms with Crippen LogP contribution in [0.25, 0.3) is 11.2 Å². The number of ether oxygens (including phenoxy) is 4. The molecule has 1 N–H and O–H groups in total. The van der Waals surface area contributed by atoms with Gasteiger partial charge in [0.25, 0.3) is 5.91 Å². The van der Waals surface area contributed by atoms with Crippen LogP contribution in [0.3, 0.4) is 0 Å². The van der Waals surface area contributed by atoms with Crippen molar-refractivity contribution >= 4 is 42.4 Å². The molecular formula is C38H34FN5O7PS+. The summed E-state index contributed by atoms with van der Waals surface area (Å²) in [6.45, 7) is -0.217. The number of carbonyl (C=O) groups is 1. The Bertz CT molecular complexity index is 2150. The van der Waals surface area contributed by atoms with Crippen LogP contribution in [-0.2, 0) is 24.2 Å². The standard InChI is InChI=1S/C38H33FN5O7PS/c1-47-28-17-13-26(14-18-28)38(25-11-7-4-8-12-25,27-15-19-29(48-2)20-16-27)49-21-30-33(51-52(46)53)31(39)37(50-30)44-23-42-32-34(40-22-41-35(32)44)43-36(45)24-9-5-3-6-10-24/h3-20,22-23,30-31,33,37H,21H2,1-2H3,(H-,40,41,43,45,46,53)/p+1/t30-,31+,33-,37-/m1/s1. The van der Waals surface area contributed by atoms with Gasteiger partial charge < -0.3 is 24.3 Å². The van der Waals surface area contributed by atoms with E-state index in [2.05, 4.69) is 32.5 Å². The Labute approximate surface area is 310 Å². The number of hydrogen-bond acceptors (Lipinski definition) is 10. The molecule has 1 unspecified atom stereocenters. The lowest BCUT2D eigenvalue weighted by molar-refractivity contribution is -0.0904. The van der Waals surface area contributed by atoms with Gasteiger partial charge in [0.1, 0.15) is 41.8 Å². The molecule has 6 aromatic rings. The van der Waals surface area contributed by atoms with Gasteiger partial charge in [0.2, 0.25) is 0 Å². The van der Waals surface area contributed by atoms with Gasteiger partial charge in [-0.1, -0.05) is 72.8 Å². The van der Waals surface area contributed by atoms with Crippen LogP contribution in [0.1, 0.15) is 33.3 Å². The zero-order chi connectivity index (χ0) is 37.0. The third-order valence-electron chi connectivity index (χ3n) is 9.02. The van der Waals surface area contributed by atoms with Gasteiger partial charge in [-0.3, -0.25) is 9.36 Å². The molecule has 0 spiro atoms. The third-order valence-corrected chi connectivity index (χ3v) is 9.72. The van der Waals surface area contributed by atoms with Gasteiger partial charge in [-0.05, 0) is 57.7 Å². The molecule has 53 heavy (non-hydrogen) atoms. The second-order valence-electron chi connectivity index (χ2n) is 12.0. The van der Waals surface area contributed by atoms with Crippen molar-refractivity contribution in [2.45, 2.75) is 30.2 Å². The minimum atomic E-state index is -2.55. The lowest BCUT2D eigenvalue weighted by Crippen LogP contribution is -2.39. The van der Waals surface area contributed by atoms with E-state index in [1.165, 1.54) is 17.2 Å². The highest BCUT2D eigenvalue weighted by molar-refractivity contribution is 8.39. The summed E-state index contributed by atoms with van der Waals surface area (Å²) in [4.78, 5) is 25.8. The first-order valence-electron chi connectivity index (χ1n) is 16.5. The average Bonchev–Trinajstić information content (AvgIpc) is 3.76. The number of alkyl halides is 1. The van der Waals surface area contributed by atoms with E-state index in [4.69, 9.17) is 23.5 Å². The number of rotatable bonds is 13. The maximum Gasteiger partial charge on any atom is 0.582 e. The molecule has 7 rings (SSSR count). The largest absolute Gasteiger partial charge is 0.582 e. The second-order valence-corrected chi connectivity index (χ2v) is 13.7. The van der Waals surface area contributed by atoms with Crippen LogP contribution in [0.4, 0.5) is 10.2 Å². The Kier molecular flexibility index (Phi) is 10.8.